The standard InChI is InChI=1S/C11H15NO4/c1-12-10(13)7-16-11-8(14-2)5-4-6-9(11)15-3/h4-6H,7H2,1-3H3,(H,12,13). The normalized spacial score (nSPS) is 9.44. The highest BCUT2D eigenvalue weighted by Gasteiger charge is 2.12. The van der Waals surface area contributed by atoms with Crippen LogP contribution in [0.2, 0.25) is 0 Å². The molecule has 0 aliphatic heterocycles. The summed E-state index contributed by atoms with van der Waals surface area (Å²) in [5, 5.41) is 2.46. The first-order valence-electron chi connectivity index (χ1n) is 4.77. The molecule has 0 bridgehead atoms. The number of likely N-dealkylation sites (N-methyl/N-ethyl adjacent to an activating group) is 1. The van der Waals surface area contributed by atoms with Gasteiger partial charge in [-0.25, -0.2) is 0 Å². The quantitative estimate of drug-likeness (QED) is 0.806. The zero-order valence-electron chi connectivity index (χ0n) is 9.57. The first kappa shape index (κ1) is 12.2. The van der Waals surface area contributed by atoms with Gasteiger partial charge in [0.15, 0.2) is 18.1 Å². The van der Waals surface area contributed by atoms with Gasteiger partial charge in [0.1, 0.15) is 0 Å². The summed E-state index contributed by atoms with van der Waals surface area (Å²) in [6, 6.07) is 5.26. The van der Waals surface area contributed by atoms with Crippen LogP contribution in [0.3, 0.4) is 0 Å². The molecule has 0 radical (unpaired) electrons. The molecule has 0 aromatic heterocycles. The zero-order chi connectivity index (χ0) is 12.0. The molecule has 0 saturated carbocycles. The molecule has 1 N–H and O–H groups in total. The summed E-state index contributed by atoms with van der Waals surface area (Å²) >= 11 is 0. The number of rotatable bonds is 5. The van der Waals surface area contributed by atoms with Crippen molar-refractivity contribution in [2.75, 3.05) is 27.9 Å². The van der Waals surface area contributed by atoms with E-state index in [1.54, 1.807) is 25.2 Å². The number of para-hydroxylation sites is 1. The Morgan fingerprint density at radius 3 is 2.25 bits per heavy atom. The molecule has 0 spiro atoms. The smallest absolute Gasteiger partial charge is 0.257 e. The summed E-state index contributed by atoms with van der Waals surface area (Å²) < 4.78 is 15.6. The lowest BCUT2D eigenvalue weighted by atomic mass is 10.3. The minimum Gasteiger partial charge on any atom is -0.493 e. The lowest BCUT2D eigenvalue weighted by Gasteiger charge is -2.13. The fraction of sp³-hybridized carbons (Fsp3) is 0.364. The molecule has 1 amide bonds. The van der Waals surface area contributed by atoms with Gasteiger partial charge in [0.05, 0.1) is 14.2 Å². The summed E-state index contributed by atoms with van der Waals surface area (Å²) in [5.41, 5.74) is 0. The SMILES string of the molecule is CNC(=O)COc1c(OC)cccc1OC. The van der Waals surface area contributed by atoms with Crippen LogP contribution in [0.4, 0.5) is 0 Å². The fourth-order valence-corrected chi connectivity index (χ4v) is 1.17. The Bertz CT molecular complexity index is 343. The number of methoxy groups -OCH3 is 2. The Labute approximate surface area is 94.3 Å². The second-order valence-electron chi connectivity index (χ2n) is 2.95. The third kappa shape index (κ3) is 2.79. The van der Waals surface area contributed by atoms with Crippen LogP contribution in [0.15, 0.2) is 18.2 Å². The van der Waals surface area contributed by atoms with Gasteiger partial charge in [0.2, 0.25) is 5.75 Å². The third-order valence-corrected chi connectivity index (χ3v) is 2.01. The van der Waals surface area contributed by atoms with E-state index in [4.69, 9.17) is 14.2 Å². The van der Waals surface area contributed by atoms with Gasteiger partial charge in [0, 0.05) is 7.05 Å². The predicted octanol–water partition coefficient (Wildman–Crippen LogP) is 0.829. The minimum atomic E-state index is -0.215. The summed E-state index contributed by atoms with van der Waals surface area (Å²) in [4.78, 5) is 11.1. The average Bonchev–Trinajstić information content (AvgIpc) is 2.35. The Kier molecular flexibility index (Phi) is 4.44. The van der Waals surface area contributed by atoms with Crippen LogP contribution in [0.1, 0.15) is 0 Å². The third-order valence-electron chi connectivity index (χ3n) is 2.01. The molecule has 0 saturated heterocycles. The number of carbonyl (C=O) groups is 1. The number of benzene rings is 1. The Morgan fingerprint density at radius 1 is 1.25 bits per heavy atom. The maximum Gasteiger partial charge on any atom is 0.257 e. The van der Waals surface area contributed by atoms with Crippen molar-refractivity contribution in [3.8, 4) is 17.2 Å². The summed E-state index contributed by atoms with van der Waals surface area (Å²) in [6.07, 6.45) is 0. The molecule has 0 atom stereocenters. The second kappa shape index (κ2) is 5.85. The predicted molar refractivity (Wildman–Crippen MR) is 59.1 cm³/mol. The Hall–Kier alpha value is -1.91. The molecule has 0 heterocycles. The van der Waals surface area contributed by atoms with E-state index < -0.39 is 0 Å². The molecular weight excluding hydrogens is 210 g/mol. The van der Waals surface area contributed by atoms with Crippen molar-refractivity contribution in [1.29, 1.82) is 0 Å². The first-order chi connectivity index (χ1) is 7.72. The Morgan fingerprint density at radius 2 is 1.81 bits per heavy atom. The molecule has 5 heteroatoms. The summed E-state index contributed by atoms with van der Waals surface area (Å²) in [6.45, 7) is -0.0762. The van der Waals surface area contributed by atoms with Crippen LogP contribution in [0, 0.1) is 0 Å². The van der Waals surface area contributed by atoms with E-state index >= 15 is 0 Å². The van der Waals surface area contributed by atoms with Crippen molar-refractivity contribution in [2.24, 2.45) is 0 Å². The molecule has 1 aromatic rings. The highest BCUT2D eigenvalue weighted by Crippen LogP contribution is 2.36. The largest absolute Gasteiger partial charge is 0.493 e. The van der Waals surface area contributed by atoms with Crippen molar-refractivity contribution in [3.05, 3.63) is 18.2 Å². The van der Waals surface area contributed by atoms with E-state index in [1.165, 1.54) is 14.2 Å². The van der Waals surface area contributed by atoms with Crippen molar-refractivity contribution in [1.82, 2.24) is 5.32 Å². The van der Waals surface area contributed by atoms with Crippen LogP contribution in [0.5, 0.6) is 17.2 Å². The van der Waals surface area contributed by atoms with Gasteiger partial charge < -0.3 is 19.5 Å². The molecule has 5 nitrogen and oxygen atoms in total. The molecule has 0 aliphatic carbocycles. The summed E-state index contributed by atoms with van der Waals surface area (Å²) in [5.74, 6) is 1.27. The van der Waals surface area contributed by atoms with Gasteiger partial charge in [-0.3, -0.25) is 4.79 Å². The van der Waals surface area contributed by atoms with Gasteiger partial charge in [0.25, 0.3) is 5.91 Å². The topological polar surface area (TPSA) is 56.8 Å². The maximum absolute atomic E-state index is 11.1. The zero-order valence-corrected chi connectivity index (χ0v) is 9.57. The van der Waals surface area contributed by atoms with Crippen molar-refractivity contribution in [3.63, 3.8) is 0 Å². The number of carbonyl (C=O) groups excluding carboxylic acids is 1. The molecule has 0 fully saturated rings. The molecule has 0 unspecified atom stereocenters. The Balaban J connectivity index is 2.86. The highest BCUT2D eigenvalue weighted by molar-refractivity contribution is 5.77. The monoisotopic (exact) mass is 225 g/mol. The van der Waals surface area contributed by atoms with Crippen molar-refractivity contribution < 1.29 is 19.0 Å². The number of amides is 1. The molecular formula is C11H15NO4. The van der Waals surface area contributed by atoms with Crippen LogP contribution >= 0.6 is 0 Å². The van der Waals surface area contributed by atoms with Gasteiger partial charge in [-0.05, 0) is 12.1 Å². The second-order valence-corrected chi connectivity index (χ2v) is 2.95. The number of hydrogen-bond acceptors (Lipinski definition) is 4. The van der Waals surface area contributed by atoms with E-state index in [0.717, 1.165) is 0 Å². The van der Waals surface area contributed by atoms with E-state index in [9.17, 15) is 4.79 Å². The summed E-state index contributed by atoms with van der Waals surface area (Å²) in [7, 11) is 4.61. The van der Waals surface area contributed by atoms with E-state index in [0.29, 0.717) is 17.2 Å². The van der Waals surface area contributed by atoms with E-state index in [-0.39, 0.29) is 12.5 Å². The van der Waals surface area contributed by atoms with E-state index in [1.807, 2.05) is 0 Å². The fourth-order valence-electron chi connectivity index (χ4n) is 1.17. The van der Waals surface area contributed by atoms with E-state index in [2.05, 4.69) is 5.32 Å². The van der Waals surface area contributed by atoms with Gasteiger partial charge in [-0.1, -0.05) is 6.07 Å². The molecule has 16 heavy (non-hydrogen) atoms. The highest BCUT2D eigenvalue weighted by atomic mass is 16.5. The van der Waals surface area contributed by atoms with Crippen LogP contribution in [-0.2, 0) is 4.79 Å². The van der Waals surface area contributed by atoms with Gasteiger partial charge in [-0.15, -0.1) is 0 Å². The van der Waals surface area contributed by atoms with Crippen LogP contribution in [0.25, 0.3) is 0 Å². The van der Waals surface area contributed by atoms with Gasteiger partial charge in [-0.2, -0.15) is 0 Å². The maximum atomic E-state index is 11.1. The average molecular weight is 225 g/mol. The number of hydrogen-bond donors (Lipinski definition) is 1. The molecule has 1 rings (SSSR count). The lowest BCUT2D eigenvalue weighted by Crippen LogP contribution is -2.25. The molecule has 0 aliphatic rings. The van der Waals surface area contributed by atoms with Crippen molar-refractivity contribution in [2.45, 2.75) is 0 Å². The van der Waals surface area contributed by atoms with Gasteiger partial charge >= 0.3 is 0 Å². The van der Waals surface area contributed by atoms with Crippen molar-refractivity contribution >= 4 is 5.91 Å². The number of ether oxygens (including phenoxy) is 3. The van der Waals surface area contributed by atoms with Crippen LogP contribution in [-0.4, -0.2) is 33.8 Å². The molecule has 1 aromatic carbocycles. The number of nitrogens with one attached hydrogen (secondary N) is 1. The lowest BCUT2D eigenvalue weighted by molar-refractivity contribution is -0.122. The molecule has 88 valence electrons. The minimum absolute atomic E-state index is 0.0762. The van der Waals surface area contributed by atoms with Crippen LogP contribution < -0.4 is 19.5 Å². The first-order valence-corrected chi connectivity index (χ1v) is 4.77.